The zero-order chi connectivity index (χ0) is 10.9. The molecule has 0 amide bonds. The molecule has 0 radical (unpaired) electrons. The summed E-state index contributed by atoms with van der Waals surface area (Å²) in [5.74, 6) is -1.39. The van der Waals surface area contributed by atoms with Gasteiger partial charge in [0.25, 0.3) is 0 Å². The third-order valence-electron chi connectivity index (χ3n) is 1.31. The van der Waals surface area contributed by atoms with Gasteiger partial charge in [0.2, 0.25) is 0 Å². The van der Waals surface area contributed by atoms with Gasteiger partial charge in [-0.15, -0.1) is 11.3 Å². The van der Waals surface area contributed by atoms with Gasteiger partial charge >= 0.3 is 12.1 Å². The van der Waals surface area contributed by atoms with Crippen LogP contribution in [0.1, 0.15) is 10.7 Å². The molecule has 0 saturated carbocycles. The Morgan fingerprint density at radius 3 is 2.50 bits per heavy atom. The van der Waals surface area contributed by atoms with Crippen LogP contribution in [0.5, 0.6) is 0 Å². The Balaban J connectivity index is 3.00. The number of rotatable bonds is 2. The molecule has 76 valence electrons. The van der Waals surface area contributed by atoms with E-state index in [0.717, 1.165) is 5.38 Å². The van der Waals surface area contributed by atoms with Crippen molar-refractivity contribution in [2.45, 2.75) is 6.18 Å². The second-order valence-corrected chi connectivity index (χ2v) is 3.18. The summed E-state index contributed by atoms with van der Waals surface area (Å²) in [6.07, 6.45) is -4.54. The molecule has 1 N–H and O–H groups in total. The van der Waals surface area contributed by atoms with Gasteiger partial charge in [0.1, 0.15) is 0 Å². The van der Waals surface area contributed by atoms with E-state index in [1.165, 1.54) is 0 Å². The summed E-state index contributed by atoms with van der Waals surface area (Å²) in [6, 6.07) is 0. The summed E-state index contributed by atoms with van der Waals surface area (Å²) >= 11 is 0.342. The first-order chi connectivity index (χ1) is 6.32. The first-order valence-corrected chi connectivity index (χ1v) is 4.15. The van der Waals surface area contributed by atoms with Crippen molar-refractivity contribution in [1.29, 1.82) is 0 Å². The third kappa shape index (κ3) is 2.11. The number of carboxylic acid groups (broad SMARTS) is 1. The Kier molecular flexibility index (Phi) is 2.61. The van der Waals surface area contributed by atoms with Crippen molar-refractivity contribution in [2.75, 3.05) is 0 Å². The van der Waals surface area contributed by atoms with Crippen molar-refractivity contribution in [3.05, 3.63) is 22.7 Å². The Bertz CT molecular complexity index is 383. The van der Waals surface area contributed by atoms with E-state index in [0.29, 0.717) is 11.3 Å². The Morgan fingerprint density at radius 1 is 1.57 bits per heavy atom. The molecule has 0 fully saturated rings. The molecule has 1 aromatic heterocycles. The number of hydrogen-bond acceptors (Lipinski definition) is 3. The van der Waals surface area contributed by atoms with Crippen LogP contribution in [0.25, 0.3) is 5.57 Å². The highest BCUT2D eigenvalue weighted by atomic mass is 32.1. The van der Waals surface area contributed by atoms with E-state index in [4.69, 9.17) is 5.11 Å². The molecule has 0 atom stereocenters. The van der Waals surface area contributed by atoms with Crippen molar-refractivity contribution >= 4 is 22.9 Å². The maximum Gasteiger partial charge on any atom is 0.443 e. The van der Waals surface area contributed by atoms with Crippen LogP contribution in [0.2, 0.25) is 0 Å². The van der Waals surface area contributed by atoms with Crippen molar-refractivity contribution < 1.29 is 23.1 Å². The second kappa shape index (κ2) is 3.41. The van der Waals surface area contributed by atoms with Crippen LogP contribution in [0.15, 0.2) is 12.0 Å². The first-order valence-electron chi connectivity index (χ1n) is 3.27. The fraction of sp³-hybridized carbons (Fsp3) is 0.143. The van der Waals surface area contributed by atoms with Crippen LogP contribution in [0, 0.1) is 0 Å². The lowest BCUT2D eigenvalue weighted by molar-refractivity contribution is -0.137. The Morgan fingerprint density at radius 2 is 2.14 bits per heavy atom. The van der Waals surface area contributed by atoms with Crippen LogP contribution in [0.4, 0.5) is 13.2 Å². The van der Waals surface area contributed by atoms with Crippen LogP contribution in [-0.2, 0) is 11.0 Å². The highest BCUT2D eigenvalue weighted by Gasteiger charge is 2.35. The van der Waals surface area contributed by atoms with Gasteiger partial charge in [0.05, 0.1) is 11.3 Å². The van der Waals surface area contributed by atoms with Gasteiger partial charge in [-0.2, -0.15) is 13.2 Å². The summed E-state index contributed by atoms with van der Waals surface area (Å²) < 4.78 is 36.1. The van der Waals surface area contributed by atoms with Crippen LogP contribution in [-0.4, -0.2) is 16.1 Å². The average Bonchev–Trinajstić information content (AvgIpc) is 2.49. The molecule has 0 aliphatic carbocycles. The average molecular weight is 223 g/mol. The number of aliphatic carboxylic acids is 1. The fourth-order valence-electron chi connectivity index (χ4n) is 0.652. The van der Waals surface area contributed by atoms with Crippen molar-refractivity contribution in [2.24, 2.45) is 0 Å². The van der Waals surface area contributed by atoms with Crippen molar-refractivity contribution in [1.82, 2.24) is 4.98 Å². The Hall–Kier alpha value is -1.37. The minimum absolute atomic E-state index is 0.255. The standard InChI is InChI=1S/C7H4F3NO2S/c1-3(5(12)13)4-2-14-6(11-4)7(8,9)10/h2H,1H2,(H,12,13). The first kappa shape index (κ1) is 10.7. The van der Waals surface area contributed by atoms with E-state index in [9.17, 15) is 18.0 Å². The summed E-state index contributed by atoms with van der Waals surface area (Å²) in [7, 11) is 0. The van der Waals surface area contributed by atoms with Gasteiger partial charge in [0.15, 0.2) is 5.01 Å². The number of thiazole rings is 1. The van der Waals surface area contributed by atoms with E-state index in [1.807, 2.05) is 0 Å². The predicted octanol–water partition coefficient (Wildman–Crippen LogP) is 2.26. The monoisotopic (exact) mass is 223 g/mol. The lowest BCUT2D eigenvalue weighted by atomic mass is 10.2. The number of nitrogens with zero attached hydrogens (tertiary/aromatic N) is 1. The van der Waals surface area contributed by atoms with E-state index >= 15 is 0 Å². The van der Waals surface area contributed by atoms with E-state index in [2.05, 4.69) is 11.6 Å². The molecule has 1 heterocycles. The number of carbonyl (C=O) groups is 1. The number of halogens is 3. The van der Waals surface area contributed by atoms with Crippen molar-refractivity contribution in [3.63, 3.8) is 0 Å². The SMILES string of the molecule is C=C(C(=O)O)c1csc(C(F)(F)F)n1. The second-order valence-electron chi connectivity index (χ2n) is 2.32. The van der Waals surface area contributed by atoms with E-state index in [1.54, 1.807) is 0 Å². The quantitative estimate of drug-likeness (QED) is 0.782. The molecule has 0 saturated heterocycles. The van der Waals surface area contributed by atoms with Crippen LogP contribution >= 0.6 is 11.3 Å². The predicted molar refractivity (Wildman–Crippen MR) is 43.8 cm³/mol. The largest absolute Gasteiger partial charge is 0.478 e. The zero-order valence-electron chi connectivity index (χ0n) is 6.63. The van der Waals surface area contributed by atoms with E-state index < -0.39 is 22.7 Å². The van der Waals surface area contributed by atoms with E-state index in [-0.39, 0.29) is 5.69 Å². The molecule has 1 aromatic rings. The number of aromatic nitrogens is 1. The molecular weight excluding hydrogens is 219 g/mol. The number of carboxylic acids is 1. The topological polar surface area (TPSA) is 50.2 Å². The van der Waals surface area contributed by atoms with Crippen molar-refractivity contribution in [3.8, 4) is 0 Å². The van der Waals surface area contributed by atoms with Gasteiger partial charge in [-0.05, 0) is 0 Å². The molecule has 0 spiro atoms. The summed E-state index contributed by atoms with van der Waals surface area (Å²) in [4.78, 5) is 13.5. The molecule has 0 unspecified atom stereocenters. The summed E-state index contributed by atoms with van der Waals surface area (Å²) in [5.41, 5.74) is -0.702. The summed E-state index contributed by atoms with van der Waals surface area (Å²) in [6.45, 7) is 3.10. The zero-order valence-corrected chi connectivity index (χ0v) is 7.45. The molecule has 0 bridgehead atoms. The molecule has 14 heavy (non-hydrogen) atoms. The highest BCUT2D eigenvalue weighted by Crippen LogP contribution is 2.32. The molecule has 3 nitrogen and oxygen atoms in total. The maximum atomic E-state index is 12.0. The van der Waals surface area contributed by atoms with Gasteiger partial charge in [0, 0.05) is 5.38 Å². The third-order valence-corrected chi connectivity index (χ3v) is 2.20. The van der Waals surface area contributed by atoms with Gasteiger partial charge in [-0.25, -0.2) is 9.78 Å². The molecule has 7 heteroatoms. The normalized spacial score (nSPS) is 11.4. The lowest BCUT2D eigenvalue weighted by Crippen LogP contribution is -2.05. The molecular formula is C7H4F3NO2S. The van der Waals surface area contributed by atoms with Gasteiger partial charge in [-0.1, -0.05) is 6.58 Å². The highest BCUT2D eigenvalue weighted by molar-refractivity contribution is 7.09. The molecule has 1 rings (SSSR count). The van der Waals surface area contributed by atoms with Crippen LogP contribution < -0.4 is 0 Å². The lowest BCUT2D eigenvalue weighted by Gasteiger charge is -1.99. The number of alkyl halides is 3. The minimum Gasteiger partial charge on any atom is -0.478 e. The van der Waals surface area contributed by atoms with Gasteiger partial charge in [-0.3, -0.25) is 0 Å². The van der Waals surface area contributed by atoms with Gasteiger partial charge < -0.3 is 5.11 Å². The van der Waals surface area contributed by atoms with Crippen LogP contribution in [0.3, 0.4) is 0 Å². The Labute approximate surface area is 80.5 Å². The molecule has 0 aliphatic rings. The summed E-state index contributed by atoms with van der Waals surface area (Å²) in [5, 5.41) is 8.37. The smallest absolute Gasteiger partial charge is 0.443 e. The maximum absolute atomic E-state index is 12.0. The fourth-order valence-corrected chi connectivity index (χ4v) is 1.36. The molecule has 0 aromatic carbocycles. The minimum atomic E-state index is -4.54. The number of hydrogen-bond donors (Lipinski definition) is 1. The molecule has 0 aliphatic heterocycles.